The Hall–Kier alpha value is -2.67. The molecule has 1 N–H and O–H groups in total. The molecule has 0 aliphatic carbocycles. The van der Waals surface area contributed by atoms with Gasteiger partial charge in [0.2, 0.25) is 0 Å². The monoisotopic (exact) mass is 348 g/mol. The van der Waals surface area contributed by atoms with Crippen molar-refractivity contribution in [1.82, 2.24) is 0 Å². The summed E-state index contributed by atoms with van der Waals surface area (Å²) >= 11 is 0. The molecule has 1 fully saturated rings. The van der Waals surface area contributed by atoms with E-state index in [1.54, 1.807) is 6.92 Å². The Balaban J connectivity index is 2.06. The Kier molecular flexibility index (Phi) is 6.30. The number of hydrogen-bond acceptors (Lipinski definition) is 6. The Morgan fingerprint density at radius 3 is 2.56 bits per heavy atom. The number of hydrogen-bond donors (Lipinski definition) is 1. The molecule has 134 valence electrons. The Labute approximate surface area is 145 Å². The largest absolute Gasteiger partial charge is 0.478 e. The molecule has 1 saturated heterocycles. The quantitative estimate of drug-likeness (QED) is 0.315. The summed E-state index contributed by atoms with van der Waals surface area (Å²) in [6.07, 6.45) is 0.558. The molecule has 1 atom stereocenters. The first-order valence-electron chi connectivity index (χ1n) is 7.86. The van der Waals surface area contributed by atoms with E-state index in [2.05, 4.69) is 6.58 Å². The lowest BCUT2D eigenvalue weighted by molar-refractivity contribution is -0.139. The van der Waals surface area contributed by atoms with Gasteiger partial charge in [-0.25, -0.2) is 14.4 Å². The number of rotatable bonds is 9. The molecule has 25 heavy (non-hydrogen) atoms. The van der Waals surface area contributed by atoms with E-state index in [1.165, 1.54) is 18.2 Å². The highest BCUT2D eigenvalue weighted by molar-refractivity contribution is 5.97. The summed E-state index contributed by atoms with van der Waals surface area (Å²) in [4.78, 5) is 35.0. The maximum atomic E-state index is 12.2. The second-order valence-corrected chi connectivity index (χ2v) is 5.71. The van der Waals surface area contributed by atoms with E-state index < -0.39 is 17.9 Å². The van der Waals surface area contributed by atoms with Crippen LogP contribution in [0.5, 0.6) is 0 Å². The van der Waals surface area contributed by atoms with Crippen LogP contribution in [0.3, 0.4) is 0 Å². The van der Waals surface area contributed by atoms with Gasteiger partial charge in [0, 0.05) is 5.57 Å². The molecule has 1 heterocycles. The van der Waals surface area contributed by atoms with Gasteiger partial charge < -0.3 is 19.3 Å². The molecule has 1 aromatic rings. The first-order valence-corrected chi connectivity index (χ1v) is 7.86. The zero-order valence-electron chi connectivity index (χ0n) is 13.9. The highest BCUT2D eigenvalue weighted by atomic mass is 16.6. The molecule has 2 rings (SSSR count). The number of carbonyl (C=O) groups is 3. The zero-order valence-corrected chi connectivity index (χ0v) is 13.9. The van der Waals surface area contributed by atoms with Crippen molar-refractivity contribution in [2.24, 2.45) is 0 Å². The van der Waals surface area contributed by atoms with Gasteiger partial charge >= 0.3 is 17.9 Å². The average molecular weight is 348 g/mol. The third-order valence-electron chi connectivity index (χ3n) is 3.58. The fraction of sp³-hybridized carbons (Fsp3) is 0.389. The standard InChI is InChI=1S/C18H20O7/c1-11(2)17(21)23-8-4-7-13-14(16(19)20)5-3-6-15(13)18(22)25-10-12-9-24-12/h3,5-6,12H,1,4,7-10H2,2H3,(H,19,20). The average Bonchev–Trinajstić information content (AvgIpc) is 3.40. The van der Waals surface area contributed by atoms with Crippen LogP contribution in [0, 0.1) is 0 Å². The number of epoxide rings is 1. The lowest BCUT2D eigenvalue weighted by Crippen LogP contribution is -2.16. The van der Waals surface area contributed by atoms with Crippen molar-refractivity contribution in [2.45, 2.75) is 25.9 Å². The second-order valence-electron chi connectivity index (χ2n) is 5.71. The molecule has 0 amide bonds. The minimum absolute atomic E-state index is 0.0309. The summed E-state index contributed by atoms with van der Waals surface area (Å²) in [6, 6.07) is 4.45. The number of ether oxygens (including phenoxy) is 3. The number of carbonyl (C=O) groups excluding carboxylic acids is 2. The van der Waals surface area contributed by atoms with Crippen LogP contribution in [0.15, 0.2) is 30.4 Å². The van der Waals surface area contributed by atoms with Gasteiger partial charge in [0.05, 0.1) is 24.3 Å². The SMILES string of the molecule is C=C(C)C(=O)OCCCc1c(C(=O)O)cccc1C(=O)OCC1CO1. The molecule has 0 bridgehead atoms. The Bertz CT molecular complexity index is 689. The van der Waals surface area contributed by atoms with Crippen molar-refractivity contribution in [1.29, 1.82) is 0 Å². The van der Waals surface area contributed by atoms with Gasteiger partial charge in [-0.3, -0.25) is 0 Å². The fourth-order valence-electron chi connectivity index (χ4n) is 2.20. The van der Waals surface area contributed by atoms with Crippen LogP contribution >= 0.6 is 0 Å². The van der Waals surface area contributed by atoms with Gasteiger partial charge in [-0.2, -0.15) is 0 Å². The van der Waals surface area contributed by atoms with Crippen molar-refractivity contribution < 1.29 is 33.7 Å². The maximum absolute atomic E-state index is 12.2. The van der Waals surface area contributed by atoms with Crippen LogP contribution in [-0.4, -0.2) is 48.9 Å². The van der Waals surface area contributed by atoms with Crippen molar-refractivity contribution in [3.63, 3.8) is 0 Å². The molecular formula is C18H20O7. The highest BCUT2D eigenvalue weighted by Gasteiger charge is 2.26. The molecule has 1 unspecified atom stereocenters. The van der Waals surface area contributed by atoms with Crippen molar-refractivity contribution in [3.05, 3.63) is 47.0 Å². The van der Waals surface area contributed by atoms with Gasteiger partial charge in [-0.05, 0) is 37.5 Å². The predicted octanol–water partition coefficient (Wildman–Crippen LogP) is 1.99. The van der Waals surface area contributed by atoms with Crippen LogP contribution in [0.4, 0.5) is 0 Å². The van der Waals surface area contributed by atoms with Gasteiger partial charge in [0.1, 0.15) is 12.7 Å². The first kappa shape index (κ1) is 18.7. The number of carboxylic acids is 1. The third-order valence-corrected chi connectivity index (χ3v) is 3.58. The summed E-state index contributed by atoms with van der Waals surface area (Å²) < 4.78 is 15.1. The zero-order chi connectivity index (χ0) is 18.4. The molecule has 0 radical (unpaired) electrons. The van der Waals surface area contributed by atoms with E-state index >= 15 is 0 Å². The maximum Gasteiger partial charge on any atom is 0.338 e. The second kappa shape index (κ2) is 8.43. The fourth-order valence-corrected chi connectivity index (χ4v) is 2.20. The minimum Gasteiger partial charge on any atom is -0.478 e. The van der Waals surface area contributed by atoms with Gasteiger partial charge in [0.25, 0.3) is 0 Å². The Morgan fingerprint density at radius 1 is 1.28 bits per heavy atom. The van der Waals surface area contributed by atoms with Crippen LogP contribution in [0.1, 0.15) is 39.6 Å². The topological polar surface area (TPSA) is 102 Å². The number of carboxylic acid groups (broad SMARTS) is 1. The minimum atomic E-state index is -1.13. The normalized spacial score (nSPS) is 15.3. The molecule has 0 spiro atoms. The third kappa shape index (κ3) is 5.42. The van der Waals surface area contributed by atoms with E-state index in [0.717, 1.165) is 0 Å². The Morgan fingerprint density at radius 2 is 1.96 bits per heavy atom. The van der Waals surface area contributed by atoms with Crippen molar-refractivity contribution in [3.8, 4) is 0 Å². The number of benzene rings is 1. The van der Waals surface area contributed by atoms with Crippen LogP contribution in [-0.2, 0) is 25.4 Å². The van der Waals surface area contributed by atoms with E-state index in [9.17, 15) is 19.5 Å². The summed E-state index contributed by atoms with van der Waals surface area (Å²) in [5.41, 5.74) is 0.885. The van der Waals surface area contributed by atoms with Gasteiger partial charge in [-0.15, -0.1) is 0 Å². The summed E-state index contributed by atoms with van der Waals surface area (Å²) in [5.74, 6) is -2.22. The van der Waals surface area contributed by atoms with Crippen LogP contribution in [0.25, 0.3) is 0 Å². The molecule has 1 aliphatic heterocycles. The van der Waals surface area contributed by atoms with Gasteiger partial charge in [-0.1, -0.05) is 12.6 Å². The number of esters is 2. The van der Waals surface area contributed by atoms with Crippen molar-refractivity contribution >= 4 is 17.9 Å². The highest BCUT2D eigenvalue weighted by Crippen LogP contribution is 2.20. The first-order chi connectivity index (χ1) is 11.9. The molecular weight excluding hydrogens is 328 g/mol. The summed E-state index contributed by atoms with van der Waals surface area (Å²) in [7, 11) is 0. The lowest BCUT2D eigenvalue weighted by atomic mass is 9.97. The molecule has 0 saturated carbocycles. The van der Waals surface area contributed by atoms with Gasteiger partial charge in [0.15, 0.2) is 0 Å². The van der Waals surface area contributed by atoms with E-state index in [-0.39, 0.29) is 42.4 Å². The predicted molar refractivity (Wildman–Crippen MR) is 87.5 cm³/mol. The summed E-state index contributed by atoms with van der Waals surface area (Å²) in [5, 5.41) is 9.35. The van der Waals surface area contributed by atoms with E-state index in [4.69, 9.17) is 14.2 Å². The van der Waals surface area contributed by atoms with E-state index in [1.807, 2.05) is 0 Å². The molecule has 7 nitrogen and oxygen atoms in total. The van der Waals surface area contributed by atoms with E-state index in [0.29, 0.717) is 18.6 Å². The van der Waals surface area contributed by atoms with Crippen molar-refractivity contribution in [2.75, 3.05) is 19.8 Å². The van der Waals surface area contributed by atoms with Crippen LogP contribution in [0.2, 0.25) is 0 Å². The molecule has 0 aromatic heterocycles. The molecule has 1 aromatic carbocycles. The lowest BCUT2D eigenvalue weighted by Gasteiger charge is -2.12. The molecule has 7 heteroatoms. The van der Waals surface area contributed by atoms with Crippen LogP contribution < -0.4 is 0 Å². The number of aromatic carboxylic acids is 1. The molecule has 1 aliphatic rings. The smallest absolute Gasteiger partial charge is 0.338 e. The summed E-state index contributed by atoms with van der Waals surface area (Å²) in [6.45, 7) is 5.83.